The number of methoxy groups -OCH3 is 1. The van der Waals surface area contributed by atoms with Gasteiger partial charge in [-0.3, -0.25) is 0 Å². The standard InChI is InChI=1S/C25H19Cl2N3O2/c1-15-3-7-21-22(9-15)30-25(29-21)18(13-28)10-16-4-8-23(24(11-16)31-2)32-14-17-5-6-19(26)12-20(17)27/h3-12H,14H2,1-2H3,(H,29,30). The highest BCUT2D eigenvalue weighted by atomic mass is 35.5. The molecule has 1 aromatic heterocycles. The van der Waals surface area contributed by atoms with E-state index in [1.807, 2.05) is 43.3 Å². The molecular weight excluding hydrogens is 445 g/mol. The summed E-state index contributed by atoms with van der Waals surface area (Å²) in [5, 5.41) is 10.8. The van der Waals surface area contributed by atoms with Crippen LogP contribution in [0.1, 0.15) is 22.5 Å². The zero-order valence-corrected chi connectivity index (χ0v) is 19.0. The summed E-state index contributed by atoms with van der Waals surface area (Å²) in [7, 11) is 1.57. The van der Waals surface area contributed by atoms with Crippen LogP contribution in [0.25, 0.3) is 22.7 Å². The van der Waals surface area contributed by atoms with Crippen LogP contribution >= 0.6 is 23.2 Å². The first-order valence-corrected chi connectivity index (χ1v) is 10.6. The maximum Gasteiger partial charge on any atom is 0.161 e. The zero-order chi connectivity index (χ0) is 22.7. The van der Waals surface area contributed by atoms with Gasteiger partial charge in [-0.15, -0.1) is 0 Å². The number of aromatic amines is 1. The van der Waals surface area contributed by atoms with Gasteiger partial charge < -0.3 is 14.5 Å². The van der Waals surface area contributed by atoms with Gasteiger partial charge in [0.2, 0.25) is 0 Å². The van der Waals surface area contributed by atoms with Crippen LogP contribution in [-0.2, 0) is 6.61 Å². The Labute approximate surface area is 195 Å². The number of benzene rings is 3. The molecule has 32 heavy (non-hydrogen) atoms. The molecule has 7 heteroatoms. The molecule has 0 aliphatic heterocycles. The lowest BCUT2D eigenvalue weighted by atomic mass is 10.1. The van der Waals surface area contributed by atoms with E-state index in [9.17, 15) is 5.26 Å². The molecule has 0 aliphatic rings. The highest BCUT2D eigenvalue weighted by molar-refractivity contribution is 6.35. The second kappa shape index (κ2) is 9.35. The van der Waals surface area contributed by atoms with Gasteiger partial charge in [-0.1, -0.05) is 41.4 Å². The highest BCUT2D eigenvalue weighted by Crippen LogP contribution is 2.31. The maximum absolute atomic E-state index is 9.70. The number of nitrogens with zero attached hydrogens (tertiary/aromatic N) is 2. The smallest absolute Gasteiger partial charge is 0.161 e. The Morgan fingerprint density at radius 3 is 2.69 bits per heavy atom. The fraction of sp³-hybridized carbons (Fsp3) is 0.120. The lowest BCUT2D eigenvalue weighted by Gasteiger charge is -2.12. The molecule has 4 aromatic rings. The number of aromatic nitrogens is 2. The molecule has 0 unspecified atom stereocenters. The molecule has 0 bridgehead atoms. The molecule has 0 radical (unpaired) electrons. The van der Waals surface area contributed by atoms with Gasteiger partial charge in [0.1, 0.15) is 18.5 Å². The summed E-state index contributed by atoms with van der Waals surface area (Å²) in [4.78, 5) is 7.75. The first kappa shape index (κ1) is 21.8. The van der Waals surface area contributed by atoms with Crippen LogP contribution < -0.4 is 9.47 Å². The van der Waals surface area contributed by atoms with Crippen molar-refractivity contribution in [2.75, 3.05) is 7.11 Å². The number of nitriles is 1. The second-order valence-corrected chi connectivity index (χ2v) is 8.05. The second-order valence-electron chi connectivity index (χ2n) is 7.21. The summed E-state index contributed by atoms with van der Waals surface area (Å²) in [5.74, 6) is 1.62. The Bertz CT molecular complexity index is 1370. The summed E-state index contributed by atoms with van der Waals surface area (Å²) in [6.45, 7) is 2.28. The van der Waals surface area contributed by atoms with E-state index in [1.54, 1.807) is 31.4 Å². The molecule has 4 rings (SSSR count). The van der Waals surface area contributed by atoms with E-state index in [2.05, 4.69) is 16.0 Å². The quantitative estimate of drug-likeness (QED) is 0.318. The third-order valence-electron chi connectivity index (χ3n) is 4.91. The number of nitrogens with one attached hydrogen (secondary N) is 1. The van der Waals surface area contributed by atoms with E-state index < -0.39 is 0 Å². The van der Waals surface area contributed by atoms with Crippen molar-refractivity contribution in [1.29, 1.82) is 5.26 Å². The number of fused-ring (bicyclic) bond motifs is 1. The van der Waals surface area contributed by atoms with Crippen LogP contribution in [0.15, 0.2) is 54.6 Å². The van der Waals surface area contributed by atoms with E-state index >= 15 is 0 Å². The van der Waals surface area contributed by atoms with Crippen molar-refractivity contribution in [3.05, 3.63) is 87.2 Å². The van der Waals surface area contributed by atoms with E-state index in [1.165, 1.54) is 0 Å². The van der Waals surface area contributed by atoms with Gasteiger partial charge in [-0.2, -0.15) is 5.26 Å². The Kier molecular flexibility index (Phi) is 6.36. The number of imidazole rings is 1. The average Bonchev–Trinajstić information content (AvgIpc) is 3.20. The third kappa shape index (κ3) is 4.72. The van der Waals surface area contributed by atoms with Gasteiger partial charge in [-0.05, 0) is 60.5 Å². The fourth-order valence-corrected chi connectivity index (χ4v) is 3.72. The predicted octanol–water partition coefficient (Wildman–Crippen LogP) is 6.83. The molecule has 0 spiro atoms. The minimum absolute atomic E-state index is 0.267. The third-order valence-corrected chi connectivity index (χ3v) is 5.50. The van der Waals surface area contributed by atoms with Crippen LogP contribution in [-0.4, -0.2) is 17.1 Å². The fourth-order valence-electron chi connectivity index (χ4n) is 3.26. The van der Waals surface area contributed by atoms with Gasteiger partial charge in [0.05, 0.1) is 23.7 Å². The largest absolute Gasteiger partial charge is 0.493 e. The molecule has 0 fully saturated rings. The van der Waals surface area contributed by atoms with Gasteiger partial charge in [0.25, 0.3) is 0 Å². The molecule has 0 atom stereocenters. The van der Waals surface area contributed by atoms with Crippen LogP contribution in [0, 0.1) is 18.3 Å². The zero-order valence-electron chi connectivity index (χ0n) is 17.4. The lowest BCUT2D eigenvalue weighted by molar-refractivity contribution is 0.284. The molecule has 1 N–H and O–H groups in total. The van der Waals surface area contributed by atoms with E-state index in [-0.39, 0.29) is 6.61 Å². The van der Waals surface area contributed by atoms with Crippen molar-refractivity contribution in [2.24, 2.45) is 0 Å². The molecule has 3 aromatic carbocycles. The molecule has 0 amide bonds. The number of H-pyrrole nitrogens is 1. The molecular formula is C25H19Cl2N3O2. The van der Waals surface area contributed by atoms with Crippen LogP contribution in [0.3, 0.4) is 0 Å². The predicted molar refractivity (Wildman–Crippen MR) is 128 cm³/mol. The molecule has 1 heterocycles. The van der Waals surface area contributed by atoms with Crippen molar-refractivity contribution in [1.82, 2.24) is 9.97 Å². The summed E-state index contributed by atoms with van der Waals surface area (Å²) in [6, 6.07) is 18.9. The molecule has 0 saturated heterocycles. The normalized spacial score (nSPS) is 11.4. The molecule has 0 saturated carbocycles. The highest BCUT2D eigenvalue weighted by Gasteiger charge is 2.11. The Balaban J connectivity index is 1.59. The molecule has 0 aliphatic carbocycles. The first-order valence-electron chi connectivity index (χ1n) is 9.80. The Hall–Kier alpha value is -3.46. The van der Waals surface area contributed by atoms with E-state index in [0.29, 0.717) is 32.9 Å². The number of rotatable bonds is 6. The average molecular weight is 464 g/mol. The van der Waals surface area contributed by atoms with Crippen LogP contribution in [0.5, 0.6) is 11.5 Å². The SMILES string of the molecule is COc1cc(C=C(C#N)c2nc3ccc(C)cc3[nH]2)ccc1OCc1ccc(Cl)cc1Cl. The van der Waals surface area contributed by atoms with Crippen LogP contribution in [0.2, 0.25) is 10.0 Å². The maximum atomic E-state index is 9.70. The van der Waals surface area contributed by atoms with Gasteiger partial charge in [-0.25, -0.2) is 4.98 Å². The molecule has 160 valence electrons. The summed E-state index contributed by atoms with van der Waals surface area (Å²) >= 11 is 12.2. The summed E-state index contributed by atoms with van der Waals surface area (Å²) in [6.07, 6.45) is 1.76. The van der Waals surface area contributed by atoms with E-state index in [0.717, 1.165) is 27.7 Å². The monoisotopic (exact) mass is 463 g/mol. The topological polar surface area (TPSA) is 70.9 Å². The number of allylic oxidation sites excluding steroid dienone is 1. The summed E-state index contributed by atoms with van der Waals surface area (Å²) in [5.41, 5.74) is 4.84. The minimum Gasteiger partial charge on any atom is -0.493 e. The number of aryl methyl sites for hydroxylation is 1. The van der Waals surface area contributed by atoms with Crippen LogP contribution in [0.4, 0.5) is 0 Å². The lowest BCUT2D eigenvalue weighted by Crippen LogP contribution is -1.98. The number of ether oxygens (including phenoxy) is 2. The van der Waals surface area contributed by atoms with Crippen molar-refractivity contribution in [3.63, 3.8) is 0 Å². The van der Waals surface area contributed by atoms with Gasteiger partial charge >= 0.3 is 0 Å². The van der Waals surface area contributed by atoms with Crippen molar-refractivity contribution in [3.8, 4) is 17.6 Å². The van der Waals surface area contributed by atoms with E-state index in [4.69, 9.17) is 32.7 Å². The van der Waals surface area contributed by atoms with Crippen molar-refractivity contribution in [2.45, 2.75) is 13.5 Å². The van der Waals surface area contributed by atoms with Gasteiger partial charge in [0, 0.05) is 15.6 Å². The molecule has 5 nitrogen and oxygen atoms in total. The number of hydrogen-bond donors (Lipinski definition) is 1. The Morgan fingerprint density at radius 2 is 1.94 bits per heavy atom. The minimum atomic E-state index is 0.267. The Morgan fingerprint density at radius 1 is 1.09 bits per heavy atom. The number of hydrogen-bond acceptors (Lipinski definition) is 4. The summed E-state index contributed by atoms with van der Waals surface area (Å²) < 4.78 is 11.4. The van der Waals surface area contributed by atoms with Crippen molar-refractivity contribution < 1.29 is 9.47 Å². The first-order chi connectivity index (χ1) is 15.5. The number of halogens is 2. The van der Waals surface area contributed by atoms with Gasteiger partial charge in [0.15, 0.2) is 11.5 Å². The van der Waals surface area contributed by atoms with Crippen molar-refractivity contribution >= 4 is 45.9 Å².